The van der Waals surface area contributed by atoms with Crippen LogP contribution in [0.3, 0.4) is 0 Å². The van der Waals surface area contributed by atoms with E-state index in [1.54, 1.807) is 20.2 Å². The Kier molecular flexibility index (Phi) is 6.05. The van der Waals surface area contributed by atoms with Crippen LogP contribution in [0.5, 0.6) is 5.75 Å². The number of ketones is 2. The van der Waals surface area contributed by atoms with Gasteiger partial charge in [0, 0.05) is 30.1 Å². The molecule has 1 heterocycles. The molecule has 1 amide bonds. The molecule has 38 heavy (non-hydrogen) atoms. The van der Waals surface area contributed by atoms with Gasteiger partial charge in [0.25, 0.3) is 5.91 Å². The van der Waals surface area contributed by atoms with Crippen molar-refractivity contribution in [3.05, 3.63) is 63.6 Å². The first kappa shape index (κ1) is 26.1. The Morgan fingerprint density at radius 1 is 1.13 bits per heavy atom. The quantitative estimate of drug-likeness (QED) is 0.289. The van der Waals surface area contributed by atoms with Gasteiger partial charge in [-0.3, -0.25) is 24.2 Å². The van der Waals surface area contributed by atoms with E-state index >= 15 is 0 Å². The number of amides is 1. The summed E-state index contributed by atoms with van der Waals surface area (Å²) >= 11 is 0. The second-order valence-corrected chi connectivity index (χ2v) is 11.1. The van der Waals surface area contributed by atoms with Gasteiger partial charge in [-0.1, -0.05) is 18.2 Å². The predicted octanol–water partition coefficient (Wildman–Crippen LogP) is 1.27. The van der Waals surface area contributed by atoms with Gasteiger partial charge in [-0.15, -0.1) is 0 Å². The number of benzene rings is 1. The maximum atomic E-state index is 13.8. The van der Waals surface area contributed by atoms with Crippen LogP contribution in [-0.2, 0) is 22.6 Å². The molecule has 10 nitrogen and oxygen atoms in total. The lowest BCUT2D eigenvalue weighted by molar-refractivity contribution is -0.148. The Bertz CT molecular complexity index is 1350. The zero-order valence-electron chi connectivity index (χ0n) is 21.8. The molecule has 1 aromatic rings. The number of aliphatic hydroxyl groups is 3. The van der Waals surface area contributed by atoms with Crippen molar-refractivity contribution in [2.75, 3.05) is 14.1 Å². The van der Waals surface area contributed by atoms with Crippen molar-refractivity contribution in [1.82, 2.24) is 9.80 Å². The highest BCUT2D eigenvalue weighted by Crippen LogP contribution is 2.52. The number of aromatic hydroxyl groups is 1. The van der Waals surface area contributed by atoms with E-state index in [0.29, 0.717) is 12.1 Å². The summed E-state index contributed by atoms with van der Waals surface area (Å²) in [6, 6.07) is 2.63. The smallest absolute Gasteiger partial charge is 0.255 e. The lowest BCUT2D eigenvalue weighted by Gasteiger charge is -2.50. The molecule has 0 saturated heterocycles. The third kappa shape index (κ3) is 3.47. The number of allylic oxidation sites excluding steroid dienone is 1. The Morgan fingerprint density at radius 2 is 1.76 bits per heavy atom. The minimum Gasteiger partial charge on any atom is -0.510 e. The van der Waals surface area contributed by atoms with E-state index in [2.05, 4.69) is 30.9 Å². The number of nitrogens with two attached hydrogens (primary N) is 1. The molecule has 6 atom stereocenters. The van der Waals surface area contributed by atoms with Crippen LogP contribution in [0.25, 0.3) is 0 Å². The highest BCUT2D eigenvalue weighted by molar-refractivity contribution is 6.24. The van der Waals surface area contributed by atoms with E-state index < -0.39 is 58.0 Å². The minimum absolute atomic E-state index is 0.0377. The molecule has 1 aromatic carbocycles. The molecular weight excluding hydrogens is 490 g/mol. The van der Waals surface area contributed by atoms with Crippen LogP contribution in [0.4, 0.5) is 0 Å². The van der Waals surface area contributed by atoms with Gasteiger partial charge in [-0.05, 0) is 63.9 Å². The van der Waals surface area contributed by atoms with Gasteiger partial charge in [0.2, 0.25) is 5.78 Å². The molecule has 0 spiro atoms. The highest BCUT2D eigenvalue weighted by atomic mass is 16.3. The first-order valence-electron chi connectivity index (χ1n) is 12.7. The fourth-order valence-electron chi connectivity index (χ4n) is 6.86. The van der Waals surface area contributed by atoms with Crippen LogP contribution < -0.4 is 5.73 Å². The molecule has 0 bridgehead atoms. The number of carbonyl (C=O) groups is 3. The van der Waals surface area contributed by atoms with Crippen LogP contribution in [0.1, 0.15) is 41.8 Å². The van der Waals surface area contributed by atoms with Crippen LogP contribution in [-0.4, -0.2) is 85.5 Å². The zero-order chi connectivity index (χ0) is 27.8. The van der Waals surface area contributed by atoms with Gasteiger partial charge in [0.1, 0.15) is 22.8 Å². The molecule has 2 unspecified atom stereocenters. The van der Waals surface area contributed by atoms with Crippen LogP contribution >= 0.6 is 0 Å². The number of hydrogen-bond donors (Lipinski definition) is 5. The maximum Gasteiger partial charge on any atom is 0.255 e. The summed E-state index contributed by atoms with van der Waals surface area (Å²) in [6.07, 6.45) is 4.58. The van der Waals surface area contributed by atoms with E-state index in [4.69, 9.17) is 5.73 Å². The minimum atomic E-state index is -2.64. The molecular formula is C28H33N3O7. The number of Topliss-reactive ketones (excluding diaryl/α,β-unsaturated/α-hetero) is 2. The number of phenols is 1. The third-order valence-electron chi connectivity index (χ3n) is 8.77. The van der Waals surface area contributed by atoms with Crippen molar-refractivity contribution >= 4 is 17.5 Å². The standard InChI is InChI=1S/C28H33N3O7/c1-12-5-6-13(2)31(12)11-14-7-8-18(32)20-16(14)9-15-10-17-22(30(3)4)24(34)21(27(29)37)26(36)28(17,38)25(35)19(15)23(20)33/h5-8,12-13,15,17,22,32,34-35,38H,9-11H2,1-4H3,(H2,29,37)/t12?,13?,15-,17-,22-,28-/m0/s1. The van der Waals surface area contributed by atoms with Crippen LogP contribution in [0.15, 0.2) is 46.9 Å². The maximum absolute atomic E-state index is 13.8. The molecule has 0 radical (unpaired) electrons. The molecule has 0 aromatic heterocycles. The van der Waals surface area contributed by atoms with Crippen molar-refractivity contribution in [3.63, 3.8) is 0 Å². The lowest BCUT2D eigenvalue weighted by atomic mass is 9.58. The van der Waals surface area contributed by atoms with E-state index in [1.165, 1.54) is 11.0 Å². The van der Waals surface area contributed by atoms with Crippen LogP contribution in [0.2, 0.25) is 0 Å². The highest BCUT2D eigenvalue weighted by Gasteiger charge is 2.63. The first-order chi connectivity index (χ1) is 17.8. The number of hydrogen-bond acceptors (Lipinski definition) is 9. The fraction of sp³-hybridized carbons (Fsp3) is 0.464. The largest absolute Gasteiger partial charge is 0.510 e. The molecule has 1 aliphatic heterocycles. The SMILES string of the molecule is CC1C=CC(C)N1Cc1ccc(O)c2c1C[C@H]1C[C@H]3[C@H](N(C)C)C(O)=C(C(N)=O)C(=O)[C@@]3(O)C(O)=C1C2=O. The fourth-order valence-corrected chi connectivity index (χ4v) is 6.86. The number of rotatable bonds is 4. The number of phenolic OH excluding ortho intramolecular Hbond substituents is 1. The van der Waals surface area contributed by atoms with Gasteiger partial charge < -0.3 is 26.2 Å². The van der Waals surface area contributed by atoms with Crippen molar-refractivity contribution in [1.29, 1.82) is 0 Å². The Balaban J connectivity index is 1.65. The second-order valence-electron chi connectivity index (χ2n) is 11.1. The monoisotopic (exact) mass is 523 g/mol. The van der Waals surface area contributed by atoms with Crippen molar-refractivity contribution in [3.8, 4) is 5.75 Å². The molecule has 5 rings (SSSR count). The van der Waals surface area contributed by atoms with Gasteiger partial charge in [0.05, 0.1) is 11.6 Å². The average Bonchev–Trinajstić information content (AvgIpc) is 3.14. The normalized spacial score (nSPS) is 33.1. The Labute approximate surface area is 220 Å². The van der Waals surface area contributed by atoms with Crippen molar-refractivity contribution in [2.24, 2.45) is 17.6 Å². The van der Waals surface area contributed by atoms with Gasteiger partial charge in [-0.2, -0.15) is 0 Å². The van der Waals surface area contributed by atoms with Gasteiger partial charge >= 0.3 is 0 Å². The molecule has 0 saturated carbocycles. The average molecular weight is 524 g/mol. The number of carbonyl (C=O) groups excluding carboxylic acids is 3. The molecule has 3 aliphatic carbocycles. The second kappa shape index (κ2) is 8.79. The van der Waals surface area contributed by atoms with E-state index in [1.807, 2.05) is 0 Å². The number of likely N-dealkylation sites (N-methyl/N-ethyl adjacent to an activating group) is 1. The Hall–Kier alpha value is -3.47. The van der Waals surface area contributed by atoms with E-state index in [-0.39, 0.29) is 41.8 Å². The summed E-state index contributed by atoms with van der Waals surface area (Å²) in [4.78, 5) is 43.1. The summed E-state index contributed by atoms with van der Waals surface area (Å²) < 4.78 is 0. The third-order valence-corrected chi connectivity index (χ3v) is 8.77. The number of aliphatic hydroxyl groups excluding tert-OH is 2. The van der Waals surface area contributed by atoms with Crippen molar-refractivity contribution < 1.29 is 34.8 Å². The summed E-state index contributed by atoms with van der Waals surface area (Å²) in [5, 5.41) is 44.7. The molecule has 4 aliphatic rings. The van der Waals surface area contributed by atoms with Gasteiger partial charge in [-0.25, -0.2) is 0 Å². The van der Waals surface area contributed by atoms with Crippen molar-refractivity contribution in [2.45, 2.75) is 57.0 Å². The summed E-state index contributed by atoms with van der Waals surface area (Å²) in [7, 11) is 3.21. The summed E-state index contributed by atoms with van der Waals surface area (Å²) in [5.74, 6) is -6.47. The van der Waals surface area contributed by atoms with E-state index in [9.17, 15) is 34.8 Å². The number of primary amides is 1. The lowest BCUT2D eigenvalue weighted by Crippen LogP contribution is -2.63. The first-order valence-corrected chi connectivity index (χ1v) is 12.7. The summed E-state index contributed by atoms with van der Waals surface area (Å²) in [6.45, 7) is 4.71. The topological polar surface area (TPSA) is 165 Å². The molecule has 0 fully saturated rings. The van der Waals surface area contributed by atoms with E-state index in [0.717, 1.165) is 5.56 Å². The van der Waals surface area contributed by atoms with Crippen LogP contribution in [0, 0.1) is 11.8 Å². The molecule has 202 valence electrons. The van der Waals surface area contributed by atoms with Gasteiger partial charge in [0.15, 0.2) is 11.4 Å². The number of fused-ring (bicyclic) bond motifs is 3. The molecule has 10 heteroatoms. The number of nitrogens with zero attached hydrogens (tertiary/aromatic N) is 2. The zero-order valence-corrected chi connectivity index (χ0v) is 21.8. The summed E-state index contributed by atoms with van der Waals surface area (Å²) in [5.41, 5.74) is 3.34. The molecule has 6 N–H and O–H groups in total. The predicted molar refractivity (Wildman–Crippen MR) is 137 cm³/mol. The Morgan fingerprint density at radius 3 is 2.34 bits per heavy atom.